The van der Waals surface area contributed by atoms with Crippen LogP contribution in [-0.4, -0.2) is 30.3 Å². The van der Waals surface area contributed by atoms with Crippen LogP contribution in [0.5, 0.6) is 17.2 Å². The highest BCUT2D eigenvalue weighted by molar-refractivity contribution is 7.16. The highest BCUT2D eigenvalue weighted by atomic mass is 32.1. The summed E-state index contributed by atoms with van der Waals surface area (Å²) >= 11 is 1.45. The topological polar surface area (TPSA) is 62.1 Å². The summed E-state index contributed by atoms with van der Waals surface area (Å²) in [5.41, 5.74) is 1.37. The van der Waals surface area contributed by atoms with Crippen molar-refractivity contribution in [3.05, 3.63) is 59.4 Å². The molecule has 1 aromatic heterocycles. The van der Waals surface area contributed by atoms with Gasteiger partial charge in [-0.05, 0) is 37.3 Å². The van der Waals surface area contributed by atoms with Gasteiger partial charge in [0.2, 0.25) is 0 Å². The normalized spacial score (nSPS) is 13.5. The average Bonchev–Trinajstić information content (AvgIpc) is 3.06. The van der Waals surface area contributed by atoms with Crippen LogP contribution in [-0.2, 0) is 6.54 Å². The van der Waals surface area contributed by atoms with Gasteiger partial charge in [-0.2, -0.15) is 4.99 Å². The molecule has 0 radical (unpaired) electrons. The number of para-hydroxylation sites is 1. The maximum atomic E-state index is 12.8. The smallest absolute Gasteiger partial charge is 0.279 e. The molecule has 1 aliphatic heterocycles. The lowest BCUT2D eigenvalue weighted by Crippen LogP contribution is -2.17. The van der Waals surface area contributed by atoms with Crippen molar-refractivity contribution in [2.75, 3.05) is 19.8 Å². The number of hydrogen-bond acceptors (Lipinski definition) is 5. The van der Waals surface area contributed by atoms with E-state index in [0.29, 0.717) is 48.2 Å². The van der Waals surface area contributed by atoms with Crippen LogP contribution in [0.25, 0.3) is 10.2 Å². The first kappa shape index (κ1) is 18.3. The van der Waals surface area contributed by atoms with E-state index >= 15 is 0 Å². The Morgan fingerprint density at radius 2 is 2.11 bits per heavy atom. The Kier molecular flexibility index (Phi) is 5.16. The van der Waals surface area contributed by atoms with Crippen molar-refractivity contribution in [3.8, 4) is 17.2 Å². The molecule has 4 rings (SSSR count). The number of ether oxygens (including phenoxy) is 3. The maximum Gasteiger partial charge on any atom is 0.279 e. The minimum absolute atomic E-state index is 0.334. The molecular formula is C21H20N2O4S. The number of hydrogen-bond donors (Lipinski definition) is 0. The molecule has 0 fully saturated rings. The molecule has 2 aromatic carbocycles. The predicted molar refractivity (Wildman–Crippen MR) is 109 cm³/mol. The Morgan fingerprint density at radius 3 is 2.89 bits per heavy atom. The standard InChI is InChI=1S/C21H20N2O4S/c1-3-10-23-19-16(25-4-2)6-5-7-18(19)28-21(23)22-20(24)14-8-9-15-17(13-14)27-12-11-26-15/h3,5-9,13H,1,4,10-12H2,2H3. The van der Waals surface area contributed by atoms with E-state index in [1.165, 1.54) is 11.3 Å². The number of carbonyl (C=O) groups excluding carboxylic acids is 1. The van der Waals surface area contributed by atoms with Gasteiger partial charge in [-0.3, -0.25) is 4.79 Å². The van der Waals surface area contributed by atoms with Crippen LogP contribution in [0.4, 0.5) is 0 Å². The van der Waals surface area contributed by atoms with Gasteiger partial charge in [0.15, 0.2) is 16.3 Å². The Hall–Kier alpha value is -3.06. The average molecular weight is 396 g/mol. The van der Waals surface area contributed by atoms with Gasteiger partial charge in [-0.25, -0.2) is 0 Å². The Labute approximate surface area is 166 Å². The first-order valence-corrected chi connectivity index (χ1v) is 9.87. The molecule has 0 N–H and O–H groups in total. The zero-order valence-corrected chi connectivity index (χ0v) is 16.3. The van der Waals surface area contributed by atoms with Crippen LogP contribution in [0.1, 0.15) is 17.3 Å². The van der Waals surface area contributed by atoms with Crippen molar-refractivity contribution in [2.45, 2.75) is 13.5 Å². The highest BCUT2D eigenvalue weighted by Gasteiger charge is 2.16. The number of amides is 1. The van der Waals surface area contributed by atoms with Crippen LogP contribution >= 0.6 is 11.3 Å². The third-order valence-electron chi connectivity index (χ3n) is 4.26. The van der Waals surface area contributed by atoms with E-state index in [4.69, 9.17) is 14.2 Å². The molecule has 1 aliphatic rings. The molecular weight excluding hydrogens is 376 g/mol. The van der Waals surface area contributed by atoms with E-state index in [1.54, 1.807) is 24.3 Å². The molecule has 6 nitrogen and oxygen atoms in total. The summed E-state index contributed by atoms with van der Waals surface area (Å²) in [4.78, 5) is 17.8. The summed E-state index contributed by atoms with van der Waals surface area (Å²) in [6, 6.07) is 11.0. The number of thiazole rings is 1. The van der Waals surface area contributed by atoms with Crippen molar-refractivity contribution < 1.29 is 19.0 Å². The van der Waals surface area contributed by atoms with Crippen molar-refractivity contribution >= 4 is 27.5 Å². The van der Waals surface area contributed by atoms with Crippen LogP contribution in [0.2, 0.25) is 0 Å². The minimum Gasteiger partial charge on any atom is -0.492 e. The van der Waals surface area contributed by atoms with Gasteiger partial charge in [0, 0.05) is 12.1 Å². The van der Waals surface area contributed by atoms with Crippen molar-refractivity contribution in [3.63, 3.8) is 0 Å². The molecule has 28 heavy (non-hydrogen) atoms. The van der Waals surface area contributed by atoms with E-state index in [0.717, 1.165) is 16.0 Å². The summed E-state index contributed by atoms with van der Waals surface area (Å²) in [6.45, 7) is 7.84. The molecule has 2 heterocycles. The summed E-state index contributed by atoms with van der Waals surface area (Å²) < 4.78 is 19.8. The largest absolute Gasteiger partial charge is 0.492 e. The SMILES string of the molecule is C=CCn1c(=NC(=O)c2ccc3c(c2)OCCO3)sc2cccc(OCC)c21. The van der Waals surface area contributed by atoms with Gasteiger partial charge in [-0.15, -0.1) is 6.58 Å². The Bertz CT molecular complexity index is 1110. The van der Waals surface area contributed by atoms with Crippen molar-refractivity contribution in [1.82, 2.24) is 4.57 Å². The first-order chi connectivity index (χ1) is 13.7. The number of aromatic nitrogens is 1. The fraction of sp³-hybridized carbons (Fsp3) is 0.238. The van der Waals surface area contributed by atoms with E-state index in [9.17, 15) is 4.79 Å². The zero-order chi connectivity index (χ0) is 19.5. The zero-order valence-electron chi connectivity index (χ0n) is 15.5. The van der Waals surface area contributed by atoms with Gasteiger partial charge in [0.1, 0.15) is 24.5 Å². The summed E-state index contributed by atoms with van der Waals surface area (Å²) in [5, 5.41) is 0. The second kappa shape index (κ2) is 7.90. The van der Waals surface area contributed by atoms with Crippen LogP contribution in [0, 0.1) is 0 Å². The van der Waals surface area contributed by atoms with Crippen LogP contribution in [0.15, 0.2) is 54.0 Å². The Morgan fingerprint density at radius 1 is 1.29 bits per heavy atom. The van der Waals surface area contributed by atoms with E-state index in [-0.39, 0.29) is 5.91 Å². The van der Waals surface area contributed by atoms with Crippen LogP contribution in [0.3, 0.4) is 0 Å². The number of fused-ring (bicyclic) bond motifs is 2. The Balaban J connectivity index is 1.80. The molecule has 0 saturated heterocycles. The summed E-state index contributed by atoms with van der Waals surface area (Å²) in [6.07, 6.45) is 1.78. The predicted octanol–water partition coefficient (Wildman–Crippen LogP) is 3.80. The quantitative estimate of drug-likeness (QED) is 0.616. The monoisotopic (exact) mass is 396 g/mol. The lowest BCUT2D eigenvalue weighted by Gasteiger charge is -2.18. The van der Waals surface area contributed by atoms with Gasteiger partial charge >= 0.3 is 0 Å². The second-order valence-corrected chi connectivity index (χ2v) is 7.10. The second-order valence-electron chi connectivity index (χ2n) is 6.10. The van der Waals surface area contributed by atoms with Crippen LogP contribution < -0.4 is 19.0 Å². The maximum absolute atomic E-state index is 12.8. The van der Waals surface area contributed by atoms with Gasteiger partial charge in [0.25, 0.3) is 5.91 Å². The van der Waals surface area contributed by atoms with Crippen molar-refractivity contribution in [2.24, 2.45) is 4.99 Å². The van der Waals surface area contributed by atoms with Gasteiger partial charge in [0.05, 0.1) is 11.3 Å². The molecule has 144 valence electrons. The van der Waals surface area contributed by atoms with Gasteiger partial charge in [-0.1, -0.05) is 23.5 Å². The fourth-order valence-electron chi connectivity index (χ4n) is 3.08. The third kappa shape index (κ3) is 3.41. The number of benzene rings is 2. The number of carbonyl (C=O) groups is 1. The lowest BCUT2D eigenvalue weighted by atomic mass is 10.2. The summed E-state index contributed by atoms with van der Waals surface area (Å²) in [7, 11) is 0. The molecule has 3 aromatic rings. The molecule has 0 spiro atoms. The van der Waals surface area contributed by atoms with E-state index < -0.39 is 0 Å². The minimum atomic E-state index is -0.334. The molecule has 0 aliphatic carbocycles. The fourth-order valence-corrected chi connectivity index (χ4v) is 4.14. The first-order valence-electron chi connectivity index (χ1n) is 9.06. The van der Waals surface area contributed by atoms with E-state index in [2.05, 4.69) is 11.6 Å². The highest BCUT2D eigenvalue weighted by Crippen LogP contribution is 2.31. The number of rotatable bonds is 5. The van der Waals surface area contributed by atoms with Gasteiger partial charge < -0.3 is 18.8 Å². The summed E-state index contributed by atoms with van der Waals surface area (Å²) in [5.74, 6) is 1.65. The molecule has 0 saturated carbocycles. The molecule has 0 atom stereocenters. The molecule has 0 bridgehead atoms. The molecule has 7 heteroatoms. The lowest BCUT2D eigenvalue weighted by molar-refractivity contribution is 0.0996. The number of allylic oxidation sites excluding steroid dienone is 1. The molecule has 1 amide bonds. The van der Waals surface area contributed by atoms with Crippen molar-refractivity contribution in [1.29, 1.82) is 0 Å². The van der Waals surface area contributed by atoms with E-state index in [1.807, 2.05) is 29.7 Å². The third-order valence-corrected chi connectivity index (χ3v) is 5.31. The number of nitrogens with zero attached hydrogens (tertiary/aromatic N) is 2. The molecule has 0 unspecified atom stereocenters.